The molecule has 26 heavy (non-hydrogen) atoms. The summed E-state index contributed by atoms with van der Waals surface area (Å²) in [4.78, 5) is 25.2. The second kappa shape index (κ2) is 6.78. The van der Waals surface area contributed by atoms with Crippen molar-refractivity contribution < 1.29 is 23.8 Å². The lowest BCUT2D eigenvalue weighted by molar-refractivity contribution is 0.0697. The molecule has 1 N–H and O–H groups in total. The Labute approximate surface area is 151 Å². The lowest BCUT2D eigenvalue weighted by Gasteiger charge is -2.25. The largest absolute Gasteiger partial charge is 0.478 e. The first-order valence-electron chi connectivity index (χ1n) is 8.39. The molecule has 0 aromatic heterocycles. The average molecular weight is 357 g/mol. The number of hydrogen-bond acceptors (Lipinski definition) is 3. The summed E-state index contributed by atoms with van der Waals surface area (Å²) in [6.45, 7) is 5.93. The summed E-state index contributed by atoms with van der Waals surface area (Å²) in [5.41, 5.74) is 1.83. The van der Waals surface area contributed by atoms with Gasteiger partial charge in [0.25, 0.3) is 0 Å². The number of hydrogen-bond donors (Lipinski definition) is 1. The molecule has 136 valence electrons. The highest BCUT2D eigenvalue weighted by Crippen LogP contribution is 2.33. The van der Waals surface area contributed by atoms with Crippen molar-refractivity contribution in [3.63, 3.8) is 0 Å². The third-order valence-corrected chi connectivity index (χ3v) is 4.55. The minimum absolute atomic E-state index is 0.0142. The molecule has 6 heteroatoms. The Balaban J connectivity index is 2.16. The van der Waals surface area contributed by atoms with Crippen LogP contribution in [0.25, 0.3) is 11.1 Å². The summed E-state index contributed by atoms with van der Waals surface area (Å²) in [5.74, 6) is -1.47. The number of carbonyl (C=O) groups excluding carboxylic acids is 1. The van der Waals surface area contributed by atoms with Crippen molar-refractivity contribution in [2.24, 2.45) is 5.92 Å². The van der Waals surface area contributed by atoms with Crippen molar-refractivity contribution in [2.45, 2.75) is 26.8 Å². The molecule has 1 aliphatic rings. The summed E-state index contributed by atoms with van der Waals surface area (Å²) in [6.07, 6.45) is -0.526. The molecule has 0 aliphatic carbocycles. The van der Waals surface area contributed by atoms with E-state index in [9.17, 15) is 19.1 Å². The van der Waals surface area contributed by atoms with Gasteiger partial charge >= 0.3 is 12.1 Å². The van der Waals surface area contributed by atoms with Crippen molar-refractivity contribution in [3.8, 4) is 11.1 Å². The normalized spacial score (nSPS) is 16.9. The van der Waals surface area contributed by atoms with E-state index in [-0.39, 0.29) is 29.7 Å². The molecule has 0 radical (unpaired) electrons. The van der Waals surface area contributed by atoms with Gasteiger partial charge in [-0.2, -0.15) is 0 Å². The monoisotopic (exact) mass is 357 g/mol. The van der Waals surface area contributed by atoms with Gasteiger partial charge in [-0.15, -0.1) is 0 Å². The predicted molar refractivity (Wildman–Crippen MR) is 96.0 cm³/mol. The standard InChI is InChI=1S/C20H20FNO4/c1-11(2)18-10-26-20(25)22(18)15-8-13(7-14(9-15)19(23)24)16-5-4-12(3)6-17(16)21/h4-9,11,18H,10H2,1-3H3,(H,23,24). The second-order valence-electron chi connectivity index (χ2n) is 6.82. The van der Waals surface area contributed by atoms with Crippen LogP contribution < -0.4 is 4.90 Å². The van der Waals surface area contributed by atoms with Crippen LogP contribution in [-0.2, 0) is 4.74 Å². The van der Waals surface area contributed by atoms with E-state index in [1.807, 2.05) is 13.8 Å². The molecule has 0 spiro atoms. The van der Waals surface area contributed by atoms with Gasteiger partial charge in [-0.05, 0) is 48.2 Å². The second-order valence-corrected chi connectivity index (χ2v) is 6.82. The van der Waals surface area contributed by atoms with Gasteiger partial charge in [-0.25, -0.2) is 14.0 Å². The van der Waals surface area contributed by atoms with Crippen LogP contribution in [0.5, 0.6) is 0 Å². The molecule has 1 amide bonds. The van der Waals surface area contributed by atoms with Gasteiger partial charge in [0.05, 0.1) is 11.6 Å². The molecule has 1 saturated heterocycles. The molecular formula is C20H20FNO4. The number of anilines is 1. The smallest absolute Gasteiger partial charge is 0.414 e. The molecule has 1 heterocycles. The fraction of sp³-hybridized carbons (Fsp3) is 0.300. The van der Waals surface area contributed by atoms with Crippen LogP contribution in [0, 0.1) is 18.7 Å². The maximum absolute atomic E-state index is 14.4. The van der Waals surface area contributed by atoms with Gasteiger partial charge in [0.2, 0.25) is 0 Å². The molecule has 1 unspecified atom stereocenters. The van der Waals surface area contributed by atoms with Gasteiger partial charge in [0, 0.05) is 11.3 Å². The highest BCUT2D eigenvalue weighted by molar-refractivity contribution is 5.96. The Hall–Kier alpha value is -2.89. The van der Waals surface area contributed by atoms with Crippen molar-refractivity contribution >= 4 is 17.7 Å². The van der Waals surface area contributed by atoms with Crippen LogP contribution in [0.2, 0.25) is 0 Å². The van der Waals surface area contributed by atoms with Gasteiger partial charge in [-0.3, -0.25) is 4.90 Å². The zero-order valence-electron chi connectivity index (χ0n) is 14.8. The molecule has 0 bridgehead atoms. The van der Waals surface area contributed by atoms with E-state index in [1.54, 1.807) is 25.1 Å². The maximum atomic E-state index is 14.4. The lowest BCUT2D eigenvalue weighted by Crippen LogP contribution is -2.37. The van der Waals surface area contributed by atoms with Crippen LogP contribution in [0.3, 0.4) is 0 Å². The van der Waals surface area contributed by atoms with Crippen molar-refractivity contribution in [1.82, 2.24) is 0 Å². The van der Waals surface area contributed by atoms with E-state index in [0.717, 1.165) is 5.56 Å². The van der Waals surface area contributed by atoms with E-state index in [0.29, 0.717) is 11.3 Å². The van der Waals surface area contributed by atoms with Crippen LogP contribution in [0.1, 0.15) is 29.8 Å². The van der Waals surface area contributed by atoms with Gasteiger partial charge < -0.3 is 9.84 Å². The van der Waals surface area contributed by atoms with Crippen molar-refractivity contribution in [2.75, 3.05) is 11.5 Å². The summed E-state index contributed by atoms with van der Waals surface area (Å²) in [5, 5.41) is 9.45. The highest BCUT2D eigenvalue weighted by atomic mass is 19.1. The summed E-state index contributed by atoms with van der Waals surface area (Å²) in [7, 11) is 0. The SMILES string of the molecule is Cc1ccc(-c2cc(C(=O)O)cc(N3C(=O)OCC3C(C)C)c2)c(F)c1. The van der Waals surface area contributed by atoms with E-state index in [1.165, 1.54) is 23.1 Å². The number of halogens is 1. The van der Waals surface area contributed by atoms with Crippen molar-refractivity contribution in [3.05, 3.63) is 53.3 Å². The highest BCUT2D eigenvalue weighted by Gasteiger charge is 2.36. The molecule has 3 rings (SSSR count). The third-order valence-electron chi connectivity index (χ3n) is 4.55. The van der Waals surface area contributed by atoms with Gasteiger partial charge in [0.15, 0.2) is 0 Å². The van der Waals surface area contributed by atoms with Crippen LogP contribution in [0.4, 0.5) is 14.9 Å². The van der Waals surface area contributed by atoms with E-state index in [4.69, 9.17) is 4.74 Å². The topological polar surface area (TPSA) is 66.8 Å². The summed E-state index contributed by atoms with van der Waals surface area (Å²) in [6, 6.07) is 9.00. The van der Waals surface area contributed by atoms with Gasteiger partial charge in [-0.1, -0.05) is 26.0 Å². The van der Waals surface area contributed by atoms with Crippen LogP contribution >= 0.6 is 0 Å². The Morgan fingerprint density at radius 1 is 1.27 bits per heavy atom. The van der Waals surface area contributed by atoms with E-state index >= 15 is 0 Å². The molecular weight excluding hydrogens is 337 g/mol. The predicted octanol–water partition coefficient (Wildman–Crippen LogP) is 4.48. The number of carboxylic acid groups (broad SMARTS) is 1. The number of ether oxygens (including phenoxy) is 1. The lowest BCUT2D eigenvalue weighted by atomic mass is 9.98. The zero-order chi connectivity index (χ0) is 19.0. The fourth-order valence-electron chi connectivity index (χ4n) is 3.11. The van der Waals surface area contributed by atoms with Gasteiger partial charge in [0.1, 0.15) is 12.4 Å². The number of amides is 1. The number of carboxylic acids is 1. The number of carbonyl (C=O) groups is 2. The first kappa shape index (κ1) is 17.9. The number of rotatable bonds is 4. The molecule has 1 atom stereocenters. The minimum Gasteiger partial charge on any atom is -0.478 e. The first-order valence-corrected chi connectivity index (χ1v) is 8.39. The Kier molecular flexibility index (Phi) is 4.68. The fourth-order valence-corrected chi connectivity index (χ4v) is 3.11. The molecule has 2 aromatic carbocycles. The summed E-state index contributed by atoms with van der Waals surface area (Å²) >= 11 is 0. The molecule has 0 saturated carbocycles. The Morgan fingerprint density at radius 2 is 2.00 bits per heavy atom. The van der Waals surface area contributed by atoms with Crippen LogP contribution in [-0.4, -0.2) is 29.8 Å². The number of cyclic esters (lactones) is 1. The molecule has 1 fully saturated rings. The third kappa shape index (κ3) is 3.27. The zero-order valence-corrected chi connectivity index (χ0v) is 14.8. The molecule has 1 aliphatic heterocycles. The Bertz CT molecular complexity index is 878. The summed E-state index contributed by atoms with van der Waals surface area (Å²) < 4.78 is 19.6. The number of nitrogens with zero attached hydrogens (tertiary/aromatic N) is 1. The van der Waals surface area contributed by atoms with Crippen molar-refractivity contribution in [1.29, 1.82) is 0 Å². The number of aromatic carboxylic acids is 1. The van der Waals surface area contributed by atoms with E-state index in [2.05, 4.69) is 0 Å². The maximum Gasteiger partial charge on any atom is 0.414 e. The number of aryl methyl sites for hydroxylation is 1. The molecule has 2 aromatic rings. The first-order chi connectivity index (χ1) is 12.3. The average Bonchev–Trinajstić information content (AvgIpc) is 2.96. The van der Waals surface area contributed by atoms with Crippen LogP contribution in [0.15, 0.2) is 36.4 Å². The molecule has 5 nitrogen and oxygen atoms in total. The Morgan fingerprint density at radius 3 is 2.62 bits per heavy atom. The van der Waals surface area contributed by atoms with E-state index < -0.39 is 17.9 Å². The minimum atomic E-state index is -1.14. The quantitative estimate of drug-likeness (QED) is 0.876. The number of benzene rings is 2.